The third-order valence-electron chi connectivity index (χ3n) is 3.17. The van der Waals surface area contributed by atoms with Crippen LogP contribution in [0.25, 0.3) is 0 Å². The second-order valence-electron chi connectivity index (χ2n) is 4.91. The van der Waals surface area contributed by atoms with Crippen molar-refractivity contribution >= 4 is 5.91 Å². The highest BCUT2D eigenvalue weighted by atomic mass is 19.2. The summed E-state index contributed by atoms with van der Waals surface area (Å²) in [4.78, 5) is 11.7. The minimum absolute atomic E-state index is 0.229. The molecule has 0 bridgehead atoms. The van der Waals surface area contributed by atoms with Crippen molar-refractivity contribution in [3.63, 3.8) is 0 Å². The fraction of sp³-hybridized carbons (Fsp3) is 0.188. The van der Waals surface area contributed by atoms with Crippen LogP contribution in [0.1, 0.15) is 17.2 Å². The van der Waals surface area contributed by atoms with Gasteiger partial charge in [0.2, 0.25) is 5.91 Å². The van der Waals surface area contributed by atoms with Crippen LogP contribution in [0.4, 0.5) is 17.6 Å². The normalized spacial score (nSPS) is 12.0. The minimum atomic E-state index is -1.34. The smallest absolute Gasteiger partial charge is 0.224 e. The molecule has 0 spiro atoms. The highest BCUT2D eigenvalue weighted by molar-refractivity contribution is 5.78. The molecule has 0 saturated carbocycles. The average molecular weight is 327 g/mol. The molecule has 7 heteroatoms. The molecule has 3 nitrogen and oxygen atoms in total. The Morgan fingerprint density at radius 3 is 2.43 bits per heavy atom. The minimum Gasteiger partial charge on any atom is -0.387 e. The topological polar surface area (TPSA) is 49.3 Å². The maximum absolute atomic E-state index is 13.4. The number of amides is 1. The molecular formula is C16H13F4NO2. The maximum atomic E-state index is 13.4. The van der Waals surface area contributed by atoms with Gasteiger partial charge in [-0.1, -0.05) is 12.1 Å². The summed E-state index contributed by atoms with van der Waals surface area (Å²) in [6.45, 7) is -0.229. The van der Waals surface area contributed by atoms with Crippen molar-refractivity contribution in [1.29, 1.82) is 0 Å². The first-order valence-electron chi connectivity index (χ1n) is 6.70. The van der Waals surface area contributed by atoms with Gasteiger partial charge in [-0.05, 0) is 23.8 Å². The zero-order valence-electron chi connectivity index (χ0n) is 11.8. The first-order chi connectivity index (χ1) is 10.9. The van der Waals surface area contributed by atoms with Crippen molar-refractivity contribution in [3.05, 3.63) is 70.8 Å². The molecule has 0 fully saturated rings. The predicted molar refractivity (Wildman–Crippen MR) is 74.4 cm³/mol. The Kier molecular flexibility index (Phi) is 5.33. The number of nitrogens with one attached hydrogen (secondary N) is 1. The molecule has 1 unspecified atom stereocenters. The van der Waals surface area contributed by atoms with Crippen LogP contribution >= 0.6 is 0 Å². The van der Waals surface area contributed by atoms with E-state index in [2.05, 4.69) is 5.32 Å². The summed E-state index contributed by atoms with van der Waals surface area (Å²) >= 11 is 0. The van der Waals surface area contributed by atoms with Crippen molar-refractivity contribution in [2.45, 2.75) is 12.5 Å². The van der Waals surface area contributed by atoms with Gasteiger partial charge < -0.3 is 10.4 Å². The lowest BCUT2D eigenvalue weighted by atomic mass is 10.1. The standard InChI is InChI=1S/C16H13F4NO2/c17-11-3-1-2-9(4-11)15(22)8-21-16(23)6-10-5-13(19)14(20)7-12(10)18/h1-5,7,15,22H,6,8H2,(H,21,23). The van der Waals surface area contributed by atoms with Crippen LogP contribution in [-0.4, -0.2) is 17.6 Å². The van der Waals surface area contributed by atoms with Crippen molar-refractivity contribution in [2.75, 3.05) is 6.54 Å². The van der Waals surface area contributed by atoms with Gasteiger partial charge >= 0.3 is 0 Å². The first kappa shape index (κ1) is 17.0. The average Bonchev–Trinajstić information content (AvgIpc) is 2.50. The number of benzene rings is 2. The van der Waals surface area contributed by atoms with Crippen molar-refractivity contribution in [1.82, 2.24) is 5.32 Å². The van der Waals surface area contributed by atoms with Crippen molar-refractivity contribution in [2.24, 2.45) is 0 Å². The zero-order valence-corrected chi connectivity index (χ0v) is 11.8. The van der Waals surface area contributed by atoms with Gasteiger partial charge in [-0.3, -0.25) is 4.79 Å². The SMILES string of the molecule is O=C(Cc1cc(F)c(F)cc1F)NCC(O)c1cccc(F)c1. The van der Waals surface area contributed by atoms with Crippen LogP contribution in [0.5, 0.6) is 0 Å². The van der Waals surface area contributed by atoms with E-state index in [0.29, 0.717) is 12.1 Å². The highest BCUT2D eigenvalue weighted by Crippen LogP contribution is 2.15. The summed E-state index contributed by atoms with van der Waals surface area (Å²) < 4.78 is 52.3. The summed E-state index contributed by atoms with van der Waals surface area (Å²) in [5, 5.41) is 12.1. The molecule has 2 rings (SSSR count). The van der Waals surface area contributed by atoms with E-state index >= 15 is 0 Å². The molecule has 0 aliphatic carbocycles. The Hall–Kier alpha value is -2.41. The Balaban J connectivity index is 1.94. The maximum Gasteiger partial charge on any atom is 0.224 e. The van der Waals surface area contributed by atoms with E-state index in [1.165, 1.54) is 18.2 Å². The number of aliphatic hydroxyl groups excluding tert-OH is 1. The second kappa shape index (κ2) is 7.23. The third-order valence-corrected chi connectivity index (χ3v) is 3.17. The quantitative estimate of drug-likeness (QED) is 0.655. The fourth-order valence-corrected chi connectivity index (χ4v) is 1.98. The molecule has 2 aromatic rings. The highest BCUT2D eigenvalue weighted by Gasteiger charge is 2.15. The Bertz CT molecular complexity index is 721. The van der Waals surface area contributed by atoms with Crippen molar-refractivity contribution in [3.8, 4) is 0 Å². The summed E-state index contributed by atoms with van der Waals surface area (Å²) in [5.74, 6) is -4.85. The molecule has 23 heavy (non-hydrogen) atoms. The number of hydrogen-bond donors (Lipinski definition) is 2. The Morgan fingerprint density at radius 1 is 1.04 bits per heavy atom. The molecule has 122 valence electrons. The molecule has 0 aliphatic rings. The number of hydrogen-bond acceptors (Lipinski definition) is 2. The van der Waals surface area contributed by atoms with Crippen LogP contribution in [0.15, 0.2) is 36.4 Å². The van der Waals surface area contributed by atoms with Crippen LogP contribution < -0.4 is 5.32 Å². The molecule has 1 amide bonds. The molecule has 0 aromatic heterocycles. The number of halogens is 4. The van der Waals surface area contributed by atoms with Gasteiger partial charge in [0.15, 0.2) is 11.6 Å². The lowest BCUT2D eigenvalue weighted by molar-refractivity contribution is -0.120. The summed E-state index contributed by atoms with van der Waals surface area (Å²) in [6, 6.07) is 6.18. The first-order valence-corrected chi connectivity index (χ1v) is 6.70. The van der Waals surface area contributed by atoms with E-state index in [-0.39, 0.29) is 17.7 Å². The van der Waals surface area contributed by atoms with Crippen LogP contribution in [0.3, 0.4) is 0 Å². The molecule has 1 atom stereocenters. The monoisotopic (exact) mass is 327 g/mol. The molecule has 0 radical (unpaired) electrons. The van der Waals surface area contributed by atoms with Crippen LogP contribution in [-0.2, 0) is 11.2 Å². The number of carbonyl (C=O) groups excluding carboxylic acids is 1. The molecular weight excluding hydrogens is 314 g/mol. The molecule has 2 N–H and O–H groups in total. The summed E-state index contributed by atoms with van der Waals surface area (Å²) in [5.41, 5.74) is -0.0362. The van der Waals surface area contributed by atoms with Crippen LogP contribution in [0, 0.1) is 23.3 Å². The van der Waals surface area contributed by atoms with Gasteiger partial charge in [-0.15, -0.1) is 0 Å². The van der Waals surface area contributed by atoms with Gasteiger partial charge in [-0.25, -0.2) is 17.6 Å². The number of carbonyl (C=O) groups is 1. The molecule has 0 aliphatic heterocycles. The predicted octanol–water partition coefficient (Wildman–Crippen LogP) is 2.64. The van der Waals surface area contributed by atoms with E-state index in [1.54, 1.807) is 0 Å². The van der Waals surface area contributed by atoms with Crippen LogP contribution in [0.2, 0.25) is 0 Å². The van der Waals surface area contributed by atoms with E-state index < -0.39 is 41.7 Å². The molecule has 0 saturated heterocycles. The largest absolute Gasteiger partial charge is 0.387 e. The third kappa shape index (κ3) is 4.53. The lowest BCUT2D eigenvalue weighted by Gasteiger charge is -2.12. The summed E-state index contributed by atoms with van der Waals surface area (Å²) in [7, 11) is 0. The number of aliphatic hydroxyl groups is 1. The summed E-state index contributed by atoms with van der Waals surface area (Å²) in [6.07, 6.45) is -1.66. The van der Waals surface area contributed by atoms with E-state index in [4.69, 9.17) is 0 Å². The van der Waals surface area contributed by atoms with E-state index in [1.807, 2.05) is 0 Å². The lowest BCUT2D eigenvalue weighted by Crippen LogP contribution is -2.30. The zero-order chi connectivity index (χ0) is 17.0. The molecule has 2 aromatic carbocycles. The van der Waals surface area contributed by atoms with Crippen molar-refractivity contribution < 1.29 is 27.5 Å². The Morgan fingerprint density at radius 2 is 1.74 bits per heavy atom. The van der Waals surface area contributed by atoms with E-state index in [9.17, 15) is 27.5 Å². The fourth-order valence-electron chi connectivity index (χ4n) is 1.98. The van der Waals surface area contributed by atoms with Gasteiger partial charge in [-0.2, -0.15) is 0 Å². The van der Waals surface area contributed by atoms with Gasteiger partial charge in [0, 0.05) is 18.2 Å². The van der Waals surface area contributed by atoms with Gasteiger partial charge in [0.25, 0.3) is 0 Å². The molecule has 0 heterocycles. The van der Waals surface area contributed by atoms with Gasteiger partial charge in [0.1, 0.15) is 11.6 Å². The Labute approximate surface area is 129 Å². The van der Waals surface area contributed by atoms with E-state index in [0.717, 1.165) is 6.07 Å². The second-order valence-corrected chi connectivity index (χ2v) is 4.91. The van der Waals surface area contributed by atoms with Gasteiger partial charge in [0.05, 0.1) is 12.5 Å². The number of rotatable bonds is 5.